The zero-order chi connectivity index (χ0) is 12.1. The molecule has 2 nitrogen and oxygen atoms in total. The number of hydrogen-bond acceptors (Lipinski definition) is 2. The van der Waals surface area contributed by atoms with Gasteiger partial charge < -0.3 is 4.74 Å². The maximum Gasteiger partial charge on any atom is 0.302 e. The summed E-state index contributed by atoms with van der Waals surface area (Å²) < 4.78 is 4.85. The number of carbonyl (C=O) groups is 1. The van der Waals surface area contributed by atoms with E-state index in [-0.39, 0.29) is 5.97 Å². The lowest BCUT2D eigenvalue weighted by molar-refractivity contribution is -0.141. The lowest BCUT2D eigenvalue weighted by Gasteiger charge is -2.00. The van der Waals surface area contributed by atoms with Gasteiger partial charge in [0.25, 0.3) is 0 Å². The Hall–Kier alpha value is -1.05. The first-order valence-electron chi connectivity index (χ1n) is 6.22. The van der Waals surface area contributed by atoms with Crippen LogP contribution in [0.15, 0.2) is 24.3 Å². The number of allylic oxidation sites excluding steroid dienone is 4. The van der Waals surface area contributed by atoms with Gasteiger partial charge in [-0.1, -0.05) is 44.1 Å². The third-order valence-corrected chi connectivity index (χ3v) is 2.19. The molecule has 92 valence electrons. The molecule has 0 atom stereocenters. The molecule has 0 aliphatic heterocycles. The van der Waals surface area contributed by atoms with E-state index < -0.39 is 0 Å². The van der Waals surface area contributed by atoms with Crippen molar-refractivity contribution >= 4 is 5.97 Å². The molecule has 0 rings (SSSR count). The number of hydrogen-bond donors (Lipinski definition) is 0. The minimum absolute atomic E-state index is 0.175. The van der Waals surface area contributed by atoms with Crippen molar-refractivity contribution < 1.29 is 9.53 Å². The highest BCUT2D eigenvalue weighted by atomic mass is 16.5. The number of esters is 1. The van der Waals surface area contributed by atoms with E-state index in [0.29, 0.717) is 6.61 Å². The first kappa shape index (κ1) is 14.9. The Morgan fingerprint density at radius 3 is 2.44 bits per heavy atom. The summed E-state index contributed by atoms with van der Waals surface area (Å²) >= 11 is 0. The third kappa shape index (κ3) is 12.9. The summed E-state index contributed by atoms with van der Waals surface area (Å²) in [5, 5.41) is 0. The van der Waals surface area contributed by atoms with E-state index in [0.717, 1.165) is 25.7 Å². The van der Waals surface area contributed by atoms with E-state index in [9.17, 15) is 4.79 Å². The maximum absolute atomic E-state index is 10.5. The molecule has 0 aromatic carbocycles. The van der Waals surface area contributed by atoms with Gasteiger partial charge in [0.1, 0.15) is 0 Å². The van der Waals surface area contributed by atoms with Crippen LogP contribution in [-0.4, -0.2) is 12.6 Å². The van der Waals surface area contributed by atoms with Crippen molar-refractivity contribution in [3.05, 3.63) is 24.3 Å². The second-order valence-electron chi connectivity index (χ2n) is 3.81. The lowest BCUT2D eigenvalue weighted by atomic mass is 10.1. The fraction of sp³-hybridized carbons (Fsp3) is 0.643. The van der Waals surface area contributed by atoms with Gasteiger partial charge in [-0.25, -0.2) is 0 Å². The molecule has 0 heterocycles. The molecule has 0 unspecified atom stereocenters. The molecule has 0 saturated carbocycles. The molecule has 16 heavy (non-hydrogen) atoms. The van der Waals surface area contributed by atoms with Crippen LogP contribution in [0.4, 0.5) is 0 Å². The Balaban J connectivity index is 3.12. The fourth-order valence-corrected chi connectivity index (χ4v) is 1.32. The quantitative estimate of drug-likeness (QED) is 0.336. The fourth-order valence-electron chi connectivity index (χ4n) is 1.32. The molecule has 0 spiro atoms. The molecular weight excluding hydrogens is 200 g/mol. The predicted octanol–water partition coefficient (Wildman–Crippen LogP) is 4.02. The van der Waals surface area contributed by atoms with Crippen molar-refractivity contribution in [2.45, 2.75) is 52.4 Å². The molecule has 0 N–H and O–H groups in total. The van der Waals surface area contributed by atoms with Crippen LogP contribution in [0.2, 0.25) is 0 Å². The van der Waals surface area contributed by atoms with Gasteiger partial charge in [0.15, 0.2) is 0 Å². The Bertz CT molecular complexity index is 217. The average molecular weight is 224 g/mol. The van der Waals surface area contributed by atoms with Gasteiger partial charge in [-0.05, 0) is 25.7 Å². The van der Waals surface area contributed by atoms with Gasteiger partial charge >= 0.3 is 5.97 Å². The average Bonchev–Trinajstić information content (AvgIpc) is 2.25. The van der Waals surface area contributed by atoms with E-state index in [4.69, 9.17) is 4.74 Å². The number of rotatable bonds is 9. The second kappa shape index (κ2) is 12.0. The highest BCUT2D eigenvalue weighted by Gasteiger charge is 1.92. The van der Waals surface area contributed by atoms with Crippen LogP contribution < -0.4 is 0 Å². The van der Waals surface area contributed by atoms with E-state index in [1.807, 2.05) is 0 Å². The van der Waals surface area contributed by atoms with Crippen molar-refractivity contribution in [2.75, 3.05) is 6.61 Å². The monoisotopic (exact) mass is 224 g/mol. The molecule has 2 heteroatoms. The summed E-state index contributed by atoms with van der Waals surface area (Å²) in [5.41, 5.74) is 0. The minimum Gasteiger partial charge on any atom is -0.466 e. The first-order chi connectivity index (χ1) is 7.77. The normalized spacial score (nSPS) is 11.4. The van der Waals surface area contributed by atoms with Crippen molar-refractivity contribution in [2.24, 2.45) is 0 Å². The molecule has 0 amide bonds. The Morgan fingerprint density at radius 2 is 1.75 bits per heavy atom. The minimum atomic E-state index is -0.175. The molecule has 0 aliphatic rings. The molecule has 0 aliphatic carbocycles. The molecule has 0 saturated heterocycles. The van der Waals surface area contributed by atoms with Crippen LogP contribution in [0.5, 0.6) is 0 Å². The van der Waals surface area contributed by atoms with Crippen molar-refractivity contribution in [3.63, 3.8) is 0 Å². The molecule has 0 fully saturated rings. The van der Waals surface area contributed by atoms with Crippen LogP contribution >= 0.6 is 0 Å². The Labute approximate surface area is 99.4 Å². The third-order valence-electron chi connectivity index (χ3n) is 2.19. The van der Waals surface area contributed by atoms with Gasteiger partial charge in [-0.2, -0.15) is 0 Å². The summed E-state index contributed by atoms with van der Waals surface area (Å²) in [4.78, 5) is 10.5. The van der Waals surface area contributed by atoms with Crippen LogP contribution in [0, 0.1) is 0 Å². The summed E-state index contributed by atoms with van der Waals surface area (Å²) in [6.45, 7) is 4.16. The van der Waals surface area contributed by atoms with Gasteiger partial charge in [0, 0.05) is 6.92 Å². The maximum atomic E-state index is 10.5. The highest BCUT2D eigenvalue weighted by molar-refractivity contribution is 5.65. The van der Waals surface area contributed by atoms with E-state index >= 15 is 0 Å². The van der Waals surface area contributed by atoms with Gasteiger partial charge in [-0.15, -0.1) is 0 Å². The Kier molecular flexibility index (Phi) is 11.2. The standard InChI is InChI=1S/C14H24O2/c1-3-4-5-6-7-8-9-10-11-12-13-16-14(2)15/h4-7H,3,8-13H2,1-2H3/b5-4-,7-6+. The number of unbranched alkanes of at least 4 members (excludes halogenated alkanes) is 4. The zero-order valence-electron chi connectivity index (χ0n) is 10.6. The summed E-state index contributed by atoms with van der Waals surface area (Å²) in [7, 11) is 0. The molecule has 0 aromatic heterocycles. The molecule has 0 aromatic rings. The summed E-state index contributed by atoms with van der Waals surface area (Å²) in [6, 6.07) is 0. The number of carbonyl (C=O) groups excluding carboxylic acids is 1. The summed E-state index contributed by atoms with van der Waals surface area (Å²) in [5.74, 6) is -0.175. The first-order valence-corrected chi connectivity index (χ1v) is 6.22. The van der Waals surface area contributed by atoms with Crippen molar-refractivity contribution in [1.29, 1.82) is 0 Å². The smallest absolute Gasteiger partial charge is 0.302 e. The van der Waals surface area contributed by atoms with Gasteiger partial charge in [0.05, 0.1) is 6.61 Å². The van der Waals surface area contributed by atoms with E-state index in [1.165, 1.54) is 19.8 Å². The molecule has 0 bridgehead atoms. The van der Waals surface area contributed by atoms with E-state index in [2.05, 4.69) is 31.2 Å². The van der Waals surface area contributed by atoms with Crippen LogP contribution in [0.25, 0.3) is 0 Å². The van der Waals surface area contributed by atoms with Gasteiger partial charge in [0.2, 0.25) is 0 Å². The van der Waals surface area contributed by atoms with E-state index in [1.54, 1.807) is 0 Å². The molecule has 0 radical (unpaired) electrons. The highest BCUT2D eigenvalue weighted by Crippen LogP contribution is 2.04. The zero-order valence-corrected chi connectivity index (χ0v) is 10.6. The SMILES string of the molecule is CC/C=C\C=C\CCCCCCOC(C)=O. The summed E-state index contributed by atoms with van der Waals surface area (Å²) in [6.07, 6.45) is 15.4. The number of ether oxygens (including phenoxy) is 1. The van der Waals surface area contributed by atoms with Gasteiger partial charge in [-0.3, -0.25) is 4.79 Å². The lowest BCUT2D eigenvalue weighted by Crippen LogP contribution is -1.99. The second-order valence-corrected chi connectivity index (χ2v) is 3.81. The van der Waals surface area contributed by atoms with Crippen molar-refractivity contribution in [1.82, 2.24) is 0 Å². The van der Waals surface area contributed by atoms with Crippen LogP contribution in [0.3, 0.4) is 0 Å². The Morgan fingerprint density at radius 1 is 1.06 bits per heavy atom. The molecular formula is C14H24O2. The topological polar surface area (TPSA) is 26.3 Å². The van der Waals surface area contributed by atoms with Crippen LogP contribution in [-0.2, 0) is 9.53 Å². The van der Waals surface area contributed by atoms with Crippen LogP contribution in [0.1, 0.15) is 52.4 Å². The van der Waals surface area contributed by atoms with Crippen molar-refractivity contribution in [3.8, 4) is 0 Å². The largest absolute Gasteiger partial charge is 0.466 e. The predicted molar refractivity (Wildman–Crippen MR) is 68.3 cm³/mol.